The Bertz CT molecular complexity index is 1090. The van der Waals surface area contributed by atoms with Crippen LogP contribution >= 0.6 is 23.2 Å². The van der Waals surface area contributed by atoms with Gasteiger partial charge in [-0.25, -0.2) is 8.42 Å². The largest absolute Gasteiger partial charge is 0.364 e. The molecular weight excluding hydrogens is 403 g/mol. The summed E-state index contributed by atoms with van der Waals surface area (Å²) in [5, 5.41) is 4.14. The zero-order valence-corrected chi connectivity index (χ0v) is 16.5. The van der Waals surface area contributed by atoms with E-state index in [4.69, 9.17) is 23.2 Å². The SMILES string of the molecule is O=S1(=O)c2ccccc2NC(c2ccc(Cl)c(Cl)c2)N1Cc1ccccc1. The smallest absolute Gasteiger partial charge is 0.247 e. The summed E-state index contributed by atoms with van der Waals surface area (Å²) >= 11 is 12.2. The maximum absolute atomic E-state index is 13.4. The average Bonchev–Trinajstić information content (AvgIpc) is 2.67. The van der Waals surface area contributed by atoms with Gasteiger partial charge in [0.1, 0.15) is 11.1 Å². The van der Waals surface area contributed by atoms with Crippen LogP contribution in [0, 0.1) is 0 Å². The van der Waals surface area contributed by atoms with Crippen LogP contribution in [0.2, 0.25) is 10.0 Å². The number of nitrogens with one attached hydrogen (secondary N) is 1. The normalized spacial score (nSPS) is 18.5. The predicted molar refractivity (Wildman–Crippen MR) is 108 cm³/mol. The molecule has 0 spiro atoms. The Kier molecular flexibility index (Phi) is 4.86. The molecule has 0 saturated carbocycles. The zero-order valence-electron chi connectivity index (χ0n) is 14.1. The maximum atomic E-state index is 13.4. The van der Waals surface area contributed by atoms with E-state index in [9.17, 15) is 8.42 Å². The third-order valence-corrected chi connectivity index (χ3v) is 7.10. The van der Waals surface area contributed by atoms with E-state index < -0.39 is 16.2 Å². The summed E-state index contributed by atoms with van der Waals surface area (Å²) in [5.74, 6) is 0. The quantitative estimate of drug-likeness (QED) is 0.626. The minimum Gasteiger partial charge on any atom is -0.364 e. The number of hydrogen-bond acceptors (Lipinski definition) is 3. The van der Waals surface area contributed by atoms with Crippen LogP contribution in [0.3, 0.4) is 0 Å². The Morgan fingerprint density at radius 3 is 2.33 bits per heavy atom. The molecule has 0 fully saturated rings. The molecule has 1 aliphatic heterocycles. The summed E-state index contributed by atoms with van der Waals surface area (Å²) in [6.45, 7) is 0.232. The van der Waals surface area contributed by atoms with Crippen molar-refractivity contribution in [1.29, 1.82) is 0 Å². The predicted octanol–water partition coefficient (Wildman–Crippen LogP) is 5.31. The number of benzene rings is 3. The molecule has 1 aliphatic rings. The molecule has 1 N–H and O–H groups in total. The molecule has 0 aliphatic carbocycles. The van der Waals surface area contributed by atoms with Crippen molar-refractivity contribution in [3.63, 3.8) is 0 Å². The van der Waals surface area contributed by atoms with E-state index in [1.807, 2.05) is 30.3 Å². The third kappa shape index (κ3) is 3.44. The molecule has 0 saturated heterocycles. The molecule has 4 rings (SSSR count). The van der Waals surface area contributed by atoms with Gasteiger partial charge in [-0.05, 0) is 35.4 Å². The molecule has 4 nitrogen and oxygen atoms in total. The summed E-state index contributed by atoms with van der Waals surface area (Å²) in [6, 6.07) is 21.5. The lowest BCUT2D eigenvalue weighted by Gasteiger charge is -2.37. The first-order valence-electron chi connectivity index (χ1n) is 8.33. The van der Waals surface area contributed by atoms with Crippen LogP contribution in [0.4, 0.5) is 5.69 Å². The zero-order chi connectivity index (χ0) is 19.0. The van der Waals surface area contributed by atoms with Gasteiger partial charge in [0, 0.05) is 6.54 Å². The van der Waals surface area contributed by atoms with Crippen molar-refractivity contribution >= 4 is 38.9 Å². The van der Waals surface area contributed by atoms with Gasteiger partial charge in [0.15, 0.2) is 0 Å². The Morgan fingerprint density at radius 1 is 0.889 bits per heavy atom. The Hall–Kier alpha value is -2.05. The molecule has 0 radical (unpaired) electrons. The van der Waals surface area contributed by atoms with Crippen LogP contribution in [0.25, 0.3) is 0 Å². The van der Waals surface area contributed by atoms with Crippen molar-refractivity contribution in [3.05, 3.63) is 94.0 Å². The Morgan fingerprint density at radius 2 is 1.59 bits per heavy atom. The van der Waals surface area contributed by atoms with Crippen LogP contribution in [-0.4, -0.2) is 12.7 Å². The fourth-order valence-electron chi connectivity index (χ4n) is 3.17. The van der Waals surface area contributed by atoms with E-state index in [-0.39, 0.29) is 11.4 Å². The number of anilines is 1. The first-order chi connectivity index (χ1) is 13.0. The molecule has 1 atom stereocenters. The summed E-state index contributed by atoms with van der Waals surface area (Å²) in [5.41, 5.74) is 2.18. The summed E-state index contributed by atoms with van der Waals surface area (Å²) in [7, 11) is -3.71. The van der Waals surface area contributed by atoms with E-state index in [1.165, 1.54) is 4.31 Å². The summed E-state index contributed by atoms with van der Waals surface area (Å²) in [6.07, 6.45) is -0.597. The number of nitrogens with zero attached hydrogens (tertiary/aromatic N) is 1. The Balaban J connectivity index is 1.85. The minimum atomic E-state index is -3.71. The molecule has 3 aromatic carbocycles. The van der Waals surface area contributed by atoms with Crippen molar-refractivity contribution in [1.82, 2.24) is 4.31 Å². The lowest BCUT2D eigenvalue weighted by Crippen LogP contribution is -2.42. The second-order valence-corrected chi connectivity index (χ2v) is 8.93. The lowest BCUT2D eigenvalue weighted by atomic mass is 10.1. The van der Waals surface area contributed by atoms with E-state index in [0.717, 1.165) is 11.1 Å². The highest BCUT2D eigenvalue weighted by Gasteiger charge is 2.38. The molecule has 27 heavy (non-hydrogen) atoms. The molecule has 0 amide bonds. The van der Waals surface area contributed by atoms with E-state index >= 15 is 0 Å². The Labute approximate surface area is 168 Å². The first kappa shape index (κ1) is 18.3. The topological polar surface area (TPSA) is 49.4 Å². The number of halogens is 2. The number of para-hydroxylation sites is 1. The van der Waals surface area contributed by atoms with Crippen molar-refractivity contribution in [2.45, 2.75) is 17.6 Å². The van der Waals surface area contributed by atoms with Gasteiger partial charge >= 0.3 is 0 Å². The van der Waals surface area contributed by atoms with Gasteiger partial charge < -0.3 is 5.32 Å². The van der Waals surface area contributed by atoms with Gasteiger partial charge in [0.25, 0.3) is 0 Å². The third-order valence-electron chi connectivity index (χ3n) is 4.49. The van der Waals surface area contributed by atoms with Gasteiger partial charge in [0.05, 0.1) is 15.7 Å². The molecule has 1 heterocycles. The highest BCUT2D eigenvalue weighted by Crippen LogP contribution is 2.40. The van der Waals surface area contributed by atoms with Crippen molar-refractivity contribution in [3.8, 4) is 0 Å². The molecular formula is C20H16Cl2N2O2S. The van der Waals surface area contributed by atoms with Crippen LogP contribution in [0.1, 0.15) is 17.3 Å². The van der Waals surface area contributed by atoms with Crippen molar-refractivity contribution < 1.29 is 8.42 Å². The van der Waals surface area contributed by atoms with Crippen LogP contribution < -0.4 is 5.32 Å². The van der Waals surface area contributed by atoms with Crippen LogP contribution in [0.5, 0.6) is 0 Å². The first-order valence-corrected chi connectivity index (χ1v) is 10.5. The van der Waals surface area contributed by atoms with Gasteiger partial charge in [-0.15, -0.1) is 0 Å². The molecule has 7 heteroatoms. The fourth-order valence-corrected chi connectivity index (χ4v) is 5.15. The average molecular weight is 419 g/mol. The van der Waals surface area contributed by atoms with Gasteiger partial charge in [-0.3, -0.25) is 0 Å². The summed E-state index contributed by atoms with van der Waals surface area (Å²) in [4.78, 5) is 0.261. The minimum absolute atomic E-state index is 0.232. The fraction of sp³-hybridized carbons (Fsp3) is 0.100. The molecule has 0 aromatic heterocycles. The van der Waals surface area contributed by atoms with Gasteiger partial charge in [0.2, 0.25) is 10.0 Å². The molecule has 0 bridgehead atoms. The highest BCUT2D eigenvalue weighted by atomic mass is 35.5. The maximum Gasteiger partial charge on any atom is 0.247 e. The molecule has 3 aromatic rings. The number of rotatable bonds is 3. The summed E-state index contributed by atoms with van der Waals surface area (Å²) < 4.78 is 28.2. The second-order valence-electron chi connectivity index (χ2n) is 6.25. The van der Waals surface area contributed by atoms with E-state index in [0.29, 0.717) is 15.7 Å². The number of hydrogen-bond donors (Lipinski definition) is 1. The molecule has 1 unspecified atom stereocenters. The second kappa shape index (κ2) is 7.17. The standard InChI is InChI=1S/C20H16Cl2N2O2S/c21-16-11-10-15(12-17(16)22)20-23-18-8-4-5-9-19(18)27(25,26)24(20)13-14-6-2-1-3-7-14/h1-12,20,23H,13H2. The van der Waals surface area contributed by atoms with E-state index in [1.54, 1.807) is 42.5 Å². The monoisotopic (exact) mass is 418 g/mol. The van der Waals surface area contributed by atoms with Crippen molar-refractivity contribution in [2.75, 3.05) is 5.32 Å². The van der Waals surface area contributed by atoms with Gasteiger partial charge in [-0.1, -0.05) is 71.7 Å². The van der Waals surface area contributed by atoms with Crippen LogP contribution in [-0.2, 0) is 16.6 Å². The van der Waals surface area contributed by atoms with E-state index in [2.05, 4.69) is 5.32 Å². The highest BCUT2D eigenvalue weighted by molar-refractivity contribution is 7.89. The molecule has 138 valence electrons. The number of sulfonamides is 1. The van der Waals surface area contributed by atoms with Crippen LogP contribution in [0.15, 0.2) is 77.7 Å². The lowest BCUT2D eigenvalue weighted by molar-refractivity contribution is 0.336. The number of fused-ring (bicyclic) bond motifs is 1. The van der Waals surface area contributed by atoms with Crippen molar-refractivity contribution in [2.24, 2.45) is 0 Å². The van der Waals surface area contributed by atoms with Gasteiger partial charge in [-0.2, -0.15) is 4.31 Å².